The number of para-hydroxylation sites is 1. The van der Waals surface area contributed by atoms with Crippen LogP contribution in [0.2, 0.25) is 0 Å². The quantitative estimate of drug-likeness (QED) is 0.912. The Balaban J connectivity index is 1.90. The van der Waals surface area contributed by atoms with E-state index in [1.165, 1.54) is 0 Å². The van der Waals surface area contributed by atoms with E-state index in [4.69, 9.17) is 4.74 Å². The molecular formula is C18H21NO2. The second-order valence-electron chi connectivity index (χ2n) is 5.32. The monoisotopic (exact) mass is 283 g/mol. The lowest BCUT2D eigenvalue weighted by molar-refractivity contribution is 0.0926. The molecule has 1 unspecified atom stereocenters. The zero-order valence-electron chi connectivity index (χ0n) is 12.7. The molecular weight excluding hydrogens is 262 g/mol. The minimum absolute atomic E-state index is 0.0570. The van der Waals surface area contributed by atoms with Gasteiger partial charge in [0.05, 0.1) is 6.04 Å². The molecule has 2 rings (SSSR count). The number of hydrogen-bond acceptors (Lipinski definition) is 2. The summed E-state index contributed by atoms with van der Waals surface area (Å²) in [6.07, 6.45) is 0. The van der Waals surface area contributed by atoms with Crippen molar-refractivity contribution in [2.45, 2.75) is 26.8 Å². The Hall–Kier alpha value is -2.29. The molecule has 0 aromatic heterocycles. The van der Waals surface area contributed by atoms with Gasteiger partial charge in [0.2, 0.25) is 0 Å². The molecule has 110 valence electrons. The second-order valence-corrected chi connectivity index (χ2v) is 5.32. The van der Waals surface area contributed by atoms with Gasteiger partial charge in [0.1, 0.15) is 12.4 Å². The van der Waals surface area contributed by atoms with Gasteiger partial charge in [0.25, 0.3) is 5.91 Å². The highest BCUT2D eigenvalue weighted by molar-refractivity contribution is 5.95. The molecule has 21 heavy (non-hydrogen) atoms. The maximum atomic E-state index is 12.2. The zero-order chi connectivity index (χ0) is 15.2. The lowest BCUT2D eigenvalue weighted by Gasteiger charge is -2.16. The van der Waals surface area contributed by atoms with Crippen LogP contribution in [-0.2, 0) is 0 Å². The van der Waals surface area contributed by atoms with Gasteiger partial charge in [-0.2, -0.15) is 0 Å². The Morgan fingerprint density at radius 3 is 2.52 bits per heavy atom. The Morgan fingerprint density at radius 1 is 1.14 bits per heavy atom. The van der Waals surface area contributed by atoms with E-state index < -0.39 is 0 Å². The summed E-state index contributed by atoms with van der Waals surface area (Å²) in [5.41, 5.74) is 2.86. The number of hydrogen-bond donors (Lipinski definition) is 1. The highest BCUT2D eigenvalue weighted by Crippen LogP contribution is 2.11. The molecule has 1 N–H and O–H groups in total. The van der Waals surface area contributed by atoms with E-state index in [2.05, 4.69) is 5.32 Å². The van der Waals surface area contributed by atoms with Gasteiger partial charge in [0.15, 0.2) is 0 Å². The molecule has 1 amide bonds. The van der Waals surface area contributed by atoms with Crippen molar-refractivity contribution in [1.29, 1.82) is 0 Å². The Labute approximate surface area is 126 Å². The summed E-state index contributed by atoms with van der Waals surface area (Å²) in [5, 5.41) is 2.96. The van der Waals surface area contributed by atoms with Crippen molar-refractivity contribution in [2.24, 2.45) is 0 Å². The topological polar surface area (TPSA) is 38.3 Å². The second kappa shape index (κ2) is 6.93. The van der Waals surface area contributed by atoms with E-state index in [0.29, 0.717) is 12.2 Å². The normalized spacial score (nSPS) is 11.8. The summed E-state index contributed by atoms with van der Waals surface area (Å²) in [4.78, 5) is 12.2. The van der Waals surface area contributed by atoms with Crippen LogP contribution in [0.3, 0.4) is 0 Å². The molecule has 1 atom stereocenters. The van der Waals surface area contributed by atoms with Crippen molar-refractivity contribution in [1.82, 2.24) is 5.32 Å². The number of benzene rings is 2. The van der Waals surface area contributed by atoms with Gasteiger partial charge < -0.3 is 10.1 Å². The minimum Gasteiger partial charge on any atom is -0.491 e. The van der Waals surface area contributed by atoms with Crippen molar-refractivity contribution in [3.8, 4) is 5.75 Å². The summed E-state index contributed by atoms with van der Waals surface area (Å²) >= 11 is 0. The van der Waals surface area contributed by atoms with E-state index in [9.17, 15) is 4.79 Å². The molecule has 0 saturated heterocycles. The van der Waals surface area contributed by atoms with Crippen molar-refractivity contribution in [3.63, 3.8) is 0 Å². The van der Waals surface area contributed by atoms with Gasteiger partial charge in [-0.25, -0.2) is 0 Å². The summed E-state index contributed by atoms with van der Waals surface area (Å²) in [6, 6.07) is 15.4. The number of amides is 1. The van der Waals surface area contributed by atoms with E-state index in [-0.39, 0.29) is 11.9 Å². The lowest BCUT2D eigenvalue weighted by atomic mass is 10.1. The molecule has 0 radical (unpaired) electrons. The fourth-order valence-electron chi connectivity index (χ4n) is 2.15. The maximum Gasteiger partial charge on any atom is 0.251 e. The van der Waals surface area contributed by atoms with Crippen LogP contribution in [0.1, 0.15) is 28.4 Å². The summed E-state index contributed by atoms with van der Waals surface area (Å²) in [5.74, 6) is 0.752. The lowest BCUT2D eigenvalue weighted by Crippen LogP contribution is -2.37. The summed E-state index contributed by atoms with van der Waals surface area (Å²) in [7, 11) is 0. The van der Waals surface area contributed by atoms with Crippen molar-refractivity contribution in [2.75, 3.05) is 6.61 Å². The van der Waals surface area contributed by atoms with Gasteiger partial charge >= 0.3 is 0 Å². The molecule has 3 nitrogen and oxygen atoms in total. The highest BCUT2D eigenvalue weighted by atomic mass is 16.5. The van der Waals surface area contributed by atoms with Gasteiger partial charge in [-0.15, -0.1) is 0 Å². The molecule has 3 heteroatoms. The van der Waals surface area contributed by atoms with Crippen LogP contribution in [0.25, 0.3) is 0 Å². The van der Waals surface area contributed by atoms with Crippen LogP contribution in [0, 0.1) is 13.8 Å². The van der Waals surface area contributed by atoms with E-state index in [1.54, 1.807) is 0 Å². The molecule has 2 aromatic rings. The Bertz CT molecular complexity index is 608. The molecule has 0 heterocycles. The van der Waals surface area contributed by atoms with Crippen LogP contribution in [0.15, 0.2) is 48.5 Å². The fraction of sp³-hybridized carbons (Fsp3) is 0.278. The van der Waals surface area contributed by atoms with Crippen molar-refractivity contribution < 1.29 is 9.53 Å². The first-order valence-electron chi connectivity index (χ1n) is 7.12. The van der Waals surface area contributed by atoms with Gasteiger partial charge in [0, 0.05) is 5.56 Å². The average Bonchev–Trinajstić information content (AvgIpc) is 2.46. The largest absolute Gasteiger partial charge is 0.491 e. The third-order valence-corrected chi connectivity index (χ3v) is 3.25. The molecule has 0 spiro atoms. The standard InChI is InChI=1S/C18H21NO2/c1-13-9-10-17(14(2)11-13)18(20)19-15(3)12-21-16-7-5-4-6-8-16/h4-11,15H,12H2,1-3H3,(H,19,20). The van der Waals surface area contributed by atoms with Gasteiger partial charge in [-0.05, 0) is 44.5 Å². The van der Waals surface area contributed by atoms with Crippen LogP contribution in [0.5, 0.6) is 5.75 Å². The zero-order valence-corrected chi connectivity index (χ0v) is 12.7. The first kappa shape index (κ1) is 15.1. The number of aryl methyl sites for hydroxylation is 2. The fourth-order valence-corrected chi connectivity index (χ4v) is 2.15. The van der Waals surface area contributed by atoms with E-state index in [0.717, 1.165) is 16.9 Å². The van der Waals surface area contributed by atoms with Crippen molar-refractivity contribution >= 4 is 5.91 Å². The first-order chi connectivity index (χ1) is 10.1. The Kier molecular flexibility index (Phi) is 4.99. The minimum atomic E-state index is -0.0586. The SMILES string of the molecule is Cc1ccc(C(=O)NC(C)COc2ccccc2)c(C)c1. The molecule has 0 bridgehead atoms. The molecule has 0 aliphatic carbocycles. The van der Waals surface area contributed by atoms with Crippen LogP contribution in [-0.4, -0.2) is 18.6 Å². The molecule has 0 saturated carbocycles. The molecule has 0 aliphatic rings. The van der Waals surface area contributed by atoms with E-state index in [1.807, 2.05) is 69.3 Å². The number of carbonyl (C=O) groups is 1. The average molecular weight is 283 g/mol. The number of rotatable bonds is 5. The molecule has 0 fully saturated rings. The molecule has 0 aliphatic heterocycles. The summed E-state index contributed by atoms with van der Waals surface area (Å²) < 4.78 is 5.64. The van der Waals surface area contributed by atoms with Crippen molar-refractivity contribution in [3.05, 3.63) is 65.2 Å². The van der Waals surface area contributed by atoms with Gasteiger partial charge in [-0.1, -0.05) is 35.9 Å². The first-order valence-corrected chi connectivity index (χ1v) is 7.12. The number of nitrogens with one attached hydrogen (secondary N) is 1. The van der Waals surface area contributed by atoms with Crippen LogP contribution < -0.4 is 10.1 Å². The predicted octanol–water partition coefficient (Wildman–Crippen LogP) is 3.50. The van der Waals surface area contributed by atoms with Crippen LogP contribution in [0.4, 0.5) is 0 Å². The van der Waals surface area contributed by atoms with Crippen LogP contribution >= 0.6 is 0 Å². The third kappa shape index (κ3) is 4.35. The van der Waals surface area contributed by atoms with E-state index >= 15 is 0 Å². The molecule has 2 aromatic carbocycles. The van der Waals surface area contributed by atoms with Gasteiger partial charge in [-0.3, -0.25) is 4.79 Å². The smallest absolute Gasteiger partial charge is 0.251 e. The highest BCUT2D eigenvalue weighted by Gasteiger charge is 2.12. The third-order valence-electron chi connectivity index (χ3n) is 3.25. The predicted molar refractivity (Wildman–Crippen MR) is 84.8 cm³/mol. The number of carbonyl (C=O) groups excluding carboxylic acids is 1. The number of ether oxygens (including phenoxy) is 1. The summed E-state index contributed by atoms with van der Waals surface area (Å²) in [6.45, 7) is 6.35. The maximum absolute atomic E-state index is 12.2. The Morgan fingerprint density at radius 2 is 1.86 bits per heavy atom.